The molecular weight excluding hydrogens is 286 g/mol. The molecule has 2 saturated heterocycles. The van der Waals surface area contributed by atoms with Gasteiger partial charge in [-0.2, -0.15) is 0 Å². The van der Waals surface area contributed by atoms with Crippen molar-refractivity contribution >= 4 is 11.6 Å². The zero-order valence-corrected chi connectivity index (χ0v) is 14.2. The van der Waals surface area contributed by atoms with Crippen molar-refractivity contribution in [2.24, 2.45) is 0 Å². The minimum Gasteiger partial charge on any atom is -0.311 e. The first-order valence-electron chi connectivity index (χ1n) is 8.61. The van der Waals surface area contributed by atoms with E-state index in [-0.39, 0.29) is 11.9 Å². The molecule has 3 rings (SSSR count). The van der Waals surface area contributed by atoms with Gasteiger partial charge in [-0.05, 0) is 32.4 Å². The zero-order valence-electron chi connectivity index (χ0n) is 14.2. The number of anilines is 1. The first kappa shape index (κ1) is 16.2. The summed E-state index contributed by atoms with van der Waals surface area (Å²) in [5.41, 5.74) is 2.40. The topological polar surface area (TPSA) is 26.8 Å². The summed E-state index contributed by atoms with van der Waals surface area (Å²) in [6.07, 6.45) is 3.23. The Morgan fingerprint density at radius 2 is 1.78 bits per heavy atom. The van der Waals surface area contributed by atoms with Crippen molar-refractivity contribution < 1.29 is 4.79 Å². The number of nitrogens with zero attached hydrogens (tertiary/aromatic N) is 3. The van der Waals surface area contributed by atoms with E-state index in [1.165, 1.54) is 5.57 Å². The van der Waals surface area contributed by atoms with Gasteiger partial charge < -0.3 is 4.90 Å². The number of carbonyl (C=O) groups is 1. The summed E-state index contributed by atoms with van der Waals surface area (Å²) in [6.45, 7) is 10.3. The molecule has 0 saturated carbocycles. The Hall–Kier alpha value is -1.65. The highest BCUT2D eigenvalue weighted by atomic mass is 16.2. The zero-order chi connectivity index (χ0) is 16.2. The lowest BCUT2D eigenvalue weighted by Crippen LogP contribution is -2.52. The van der Waals surface area contributed by atoms with Crippen molar-refractivity contribution in [2.75, 3.05) is 44.2 Å². The van der Waals surface area contributed by atoms with Crippen molar-refractivity contribution in [3.63, 3.8) is 0 Å². The van der Waals surface area contributed by atoms with E-state index in [0.29, 0.717) is 0 Å². The Bertz CT molecular complexity index is 557. The number of amides is 1. The SMILES string of the molecule is CC(C)=CCN1CCN([C@H]2CCN(c3ccccc3)C2=O)CC1. The maximum absolute atomic E-state index is 12.8. The average Bonchev–Trinajstić information content (AvgIpc) is 2.96. The van der Waals surface area contributed by atoms with Gasteiger partial charge in [-0.25, -0.2) is 0 Å². The molecule has 0 bridgehead atoms. The molecule has 1 atom stereocenters. The first-order chi connectivity index (χ1) is 11.1. The van der Waals surface area contributed by atoms with Crippen LogP contribution in [0.2, 0.25) is 0 Å². The summed E-state index contributed by atoms with van der Waals surface area (Å²) >= 11 is 0. The lowest BCUT2D eigenvalue weighted by molar-refractivity contribution is -0.122. The summed E-state index contributed by atoms with van der Waals surface area (Å²) in [4.78, 5) is 19.6. The van der Waals surface area contributed by atoms with Crippen molar-refractivity contribution in [2.45, 2.75) is 26.3 Å². The molecule has 2 aliphatic rings. The summed E-state index contributed by atoms with van der Waals surface area (Å²) in [7, 11) is 0. The Labute approximate surface area is 139 Å². The van der Waals surface area contributed by atoms with Gasteiger partial charge in [0.1, 0.15) is 0 Å². The molecular formula is C19H27N3O. The third-order valence-electron chi connectivity index (χ3n) is 4.85. The summed E-state index contributed by atoms with van der Waals surface area (Å²) < 4.78 is 0. The molecule has 2 fully saturated rings. The van der Waals surface area contributed by atoms with E-state index in [4.69, 9.17) is 0 Å². The predicted molar refractivity (Wildman–Crippen MR) is 94.6 cm³/mol. The van der Waals surface area contributed by atoms with E-state index in [1.807, 2.05) is 35.2 Å². The number of para-hydroxylation sites is 1. The average molecular weight is 313 g/mol. The fraction of sp³-hybridized carbons (Fsp3) is 0.526. The summed E-state index contributed by atoms with van der Waals surface area (Å²) in [5, 5.41) is 0. The quantitative estimate of drug-likeness (QED) is 0.799. The van der Waals surface area contributed by atoms with Gasteiger partial charge in [-0.15, -0.1) is 0 Å². The van der Waals surface area contributed by atoms with Crippen LogP contribution in [0, 0.1) is 0 Å². The number of allylic oxidation sites excluding steroid dienone is 1. The van der Waals surface area contributed by atoms with Crippen molar-refractivity contribution in [1.82, 2.24) is 9.80 Å². The van der Waals surface area contributed by atoms with E-state index in [2.05, 4.69) is 29.7 Å². The molecule has 4 nitrogen and oxygen atoms in total. The van der Waals surface area contributed by atoms with E-state index < -0.39 is 0 Å². The van der Waals surface area contributed by atoms with Gasteiger partial charge in [0.2, 0.25) is 5.91 Å². The minimum absolute atomic E-state index is 0.0702. The molecule has 0 aromatic heterocycles. The smallest absolute Gasteiger partial charge is 0.244 e. The number of hydrogen-bond acceptors (Lipinski definition) is 3. The third-order valence-corrected chi connectivity index (χ3v) is 4.85. The highest BCUT2D eigenvalue weighted by Gasteiger charge is 2.37. The molecule has 0 N–H and O–H groups in total. The van der Waals surface area contributed by atoms with Crippen LogP contribution >= 0.6 is 0 Å². The van der Waals surface area contributed by atoms with Gasteiger partial charge in [0.25, 0.3) is 0 Å². The second-order valence-corrected chi connectivity index (χ2v) is 6.75. The number of piperazine rings is 1. The Morgan fingerprint density at radius 3 is 2.43 bits per heavy atom. The molecule has 2 heterocycles. The summed E-state index contributed by atoms with van der Waals surface area (Å²) in [6, 6.07) is 10.1. The van der Waals surface area contributed by atoms with Crippen LogP contribution < -0.4 is 4.90 Å². The van der Waals surface area contributed by atoms with E-state index in [0.717, 1.165) is 51.4 Å². The van der Waals surface area contributed by atoms with E-state index in [9.17, 15) is 4.79 Å². The molecule has 0 spiro atoms. The monoisotopic (exact) mass is 313 g/mol. The van der Waals surface area contributed by atoms with E-state index in [1.54, 1.807) is 0 Å². The van der Waals surface area contributed by atoms with Crippen molar-refractivity contribution in [3.8, 4) is 0 Å². The third kappa shape index (κ3) is 3.82. The fourth-order valence-electron chi connectivity index (χ4n) is 3.44. The maximum Gasteiger partial charge on any atom is 0.244 e. The standard InChI is InChI=1S/C19H27N3O/c1-16(2)8-10-20-12-14-21(15-13-20)18-9-11-22(19(18)23)17-6-4-3-5-7-17/h3-8,18H,9-15H2,1-2H3/t18-/m0/s1. The van der Waals surface area contributed by atoms with Gasteiger partial charge in [-0.1, -0.05) is 29.8 Å². The normalized spacial score (nSPS) is 23.3. The molecule has 1 amide bonds. The number of rotatable bonds is 4. The Morgan fingerprint density at radius 1 is 1.09 bits per heavy atom. The first-order valence-corrected chi connectivity index (χ1v) is 8.61. The molecule has 1 aromatic rings. The lowest BCUT2D eigenvalue weighted by atomic mass is 10.1. The molecule has 0 aliphatic carbocycles. The van der Waals surface area contributed by atoms with Crippen LogP contribution in [-0.4, -0.2) is 61.0 Å². The van der Waals surface area contributed by atoms with Crippen molar-refractivity contribution in [3.05, 3.63) is 42.0 Å². The molecule has 124 valence electrons. The van der Waals surface area contributed by atoms with Crippen LogP contribution in [0.3, 0.4) is 0 Å². The Balaban J connectivity index is 1.55. The molecule has 0 radical (unpaired) electrons. The van der Waals surface area contributed by atoms with E-state index >= 15 is 0 Å². The minimum atomic E-state index is 0.0702. The highest BCUT2D eigenvalue weighted by Crippen LogP contribution is 2.24. The number of hydrogen-bond donors (Lipinski definition) is 0. The fourth-order valence-corrected chi connectivity index (χ4v) is 3.44. The van der Waals surface area contributed by atoms with Gasteiger partial charge in [0.15, 0.2) is 0 Å². The van der Waals surface area contributed by atoms with Crippen LogP contribution in [0.25, 0.3) is 0 Å². The largest absolute Gasteiger partial charge is 0.311 e. The second kappa shape index (κ2) is 7.28. The molecule has 23 heavy (non-hydrogen) atoms. The van der Waals surface area contributed by atoms with Crippen LogP contribution in [-0.2, 0) is 4.79 Å². The maximum atomic E-state index is 12.8. The molecule has 1 aromatic carbocycles. The van der Waals surface area contributed by atoms with Gasteiger partial charge in [-0.3, -0.25) is 14.6 Å². The predicted octanol–water partition coefficient (Wildman–Crippen LogP) is 2.38. The molecule has 4 heteroatoms. The number of carbonyl (C=O) groups excluding carboxylic acids is 1. The van der Waals surface area contributed by atoms with Gasteiger partial charge in [0.05, 0.1) is 6.04 Å². The van der Waals surface area contributed by atoms with Crippen LogP contribution in [0.5, 0.6) is 0 Å². The summed E-state index contributed by atoms with van der Waals surface area (Å²) in [5.74, 6) is 0.272. The van der Waals surface area contributed by atoms with Crippen LogP contribution in [0.1, 0.15) is 20.3 Å². The van der Waals surface area contributed by atoms with Crippen LogP contribution in [0.4, 0.5) is 5.69 Å². The second-order valence-electron chi connectivity index (χ2n) is 6.75. The number of benzene rings is 1. The van der Waals surface area contributed by atoms with Crippen LogP contribution in [0.15, 0.2) is 42.0 Å². The van der Waals surface area contributed by atoms with Crippen molar-refractivity contribution in [1.29, 1.82) is 0 Å². The highest BCUT2D eigenvalue weighted by molar-refractivity contribution is 5.99. The van der Waals surface area contributed by atoms with Gasteiger partial charge in [0, 0.05) is 45.0 Å². The lowest BCUT2D eigenvalue weighted by Gasteiger charge is -2.36. The van der Waals surface area contributed by atoms with Gasteiger partial charge >= 0.3 is 0 Å². The molecule has 0 unspecified atom stereocenters. The Kier molecular flexibility index (Phi) is 5.13. The molecule has 2 aliphatic heterocycles.